The number of aliphatic carboxylic acids is 1. The molecule has 1 aromatic rings. The number of aromatic nitrogens is 2. The van der Waals surface area contributed by atoms with Crippen molar-refractivity contribution in [2.24, 2.45) is 7.05 Å². The van der Waals surface area contributed by atoms with E-state index in [1.165, 1.54) is 0 Å². The molecule has 0 radical (unpaired) electrons. The van der Waals surface area contributed by atoms with Crippen LogP contribution in [-0.2, 0) is 11.8 Å². The summed E-state index contributed by atoms with van der Waals surface area (Å²) < 4.78 is 1.84. The fraction of sp³-hybridized carbons (Fsp3) is 0.692. The first-order valence-corrected chi connectivity index (χ1v) is 6.26. The molecule has 1 aromatic heterocycles. The number of carboxylic acids is 1. The van der Waals surface area contributed by atoms with Gasteiger partial charge in [-0.3, -0.25) is 14.4 Å². The lowest BCUT2D eigenvalue weighted by Gasteiger charge is -2.30. The van der Waals surface area contributed by atoms with E-state index >= 15 is 0 Å². The first-order chi connectivity index (χ1) is 8.31. The van der Waals surface area contributed by atoms with Crippen LogP contribution in [0.25, 0.3) is 0 Å². The van der Waals surface area contributed by atoms with Crippen LogP contribution in [0, 0.1) is 13.8 Å². The van der Waals surface area contributed by atoms with E-state index in [4.69, 9.17) is 0 Å². The Bertz CT molecular complexity index is 440. The fourth-order valence-corrected chi connectivity index (χ4v) is 2.50. The average Bonchev–Trinajstić information content (AvgIpc) is 2.52. The van der Waals surface area contributed by atoms with Crippen LogP contribution < -0.4 is 0 Å². The summed E-state index contributed by atoms with van der Waals surface area (Å²) in [5, 5.41) is 13.6. The number of aryl methyl sites for hydroxylation is 2. The van der Waals surface area contributed by atoms with Crippen molar-refractivity contribution in [3.05, 3.63) is 17.0 Å². The van der Waals surface area contributed by atoms with Crippen molar-refractivity contribution in [3.63, 3.8) is 0 Å². The first-order valence-electron chi connectivity index (χ1n) is 6.26. The lowest BCUT2D eigenvalue weighted by atomic mass is 10.0. The summed E-state index contributed by atoms with van der Waals surface area (Å²) in [6, 6.07) is -0.418. The highest BCUT2D eigenvalue weighted by molar-refractivity contribution is 5.73. The van der Waals surface area contributed by atoms with E-state index in [1.807, 2.05) is 51.4 Å². The van der Waals surface area contributed by atoms with Gasteiger partial charge in [-0.1, -0.05) is 6.92 Å². The summed E-state index contributed by atoms with van der Waals surface area (Å²) in [7, 11) is 3.77. The topological polar surface area (TPSA) is 58.4 Å². The molecule has 5 nitrogen and oxygen atoms in total. The van der Waals surface area contributed by atoms with Gasteiger partial charge >= 0.3 is 5.97 Å². The summed E-state index contributed by atoms with van der Waals surface area (Å²) in [5.41, 5.74) is 3.18. The Balaban J connectivity index is 3.06. The van der Waals surface area contributed by atoms with E-state index in [-0.39, 0.29) is 6.04 Å². The van der Waals surface area contributed by atoms with Gasteiger partial charge in [-0.2, -0.15) is 5.10 Å². The zero-order chi connectivity index (χ0) is 14.0. The van der Waals surface area contributed by atoms with Crippen LogP contribution in [0.3, 0.4) is 0 Å². The van der Waals surface area contributed by atoms with Gasteiger partial charge in [-0.05, 0) is 34.2 Å². The molecule has 2 atom stereocenters. The summed E-state index contributed by atoms with van der Waals surface area (Å²) in [4.78, 5) is 13.1. The first kappa shape index (κ1) is 14.7. The number of hydrogen-bond donors (Lipinski definition) is 1. The second-order valence-corrected chi connectivity index (χ2v) is 4.81. The van der Waals surface area contributed by atoms with Gasteiger partial charge in [-0.25, -0.2) is 0 Å². The van der Waals surface area contributed by atoms with E-state index in [0.717, 1.165) is 17.0 Å². The Morgan fingerprint density at radius 2 is 2.06 bits per heavy atom. The molecule has 102 valence electrons. The van der Waals surface area contributed by atoms with Crippen molar-refractivity contribution < 1.29 is 9.90 Å². The maximum atomic E-state index is 11.2. The molecule has 0 fully saturated rings. The molecule has 0 amide bonds. The molecule has 1 N–H and O–H groups in total. The predicted molar refractivity (Wildman–Crippen MR) is 70.6 cm³/mol. The van der Waals surface area contributed by atoms with E-state index in [9.17, 15) is 9.90 Å². The van der Waals surface area contributed by atoms with Crippen LogP contribution in [0.15, 0.2) is 0 Å². The van der Waals surface area contributed by atoms with E-state index < -0.39 is 12.0 Å². The number of carbonyl (C=O) groups is 1. The smallest absolute Gasteiger partial charge is 0.320 e. The van der Waals surface area contributed by atoms with Gasteiger partial charge in [0.15, 0.2) is 0 Å². The van der Waals surface area contributed by atoms with Crippen molar-refractivity contribution in [2.75, 3.05) is 7.05 Å². The monoisotopic (exact) mass is 253 g/mol. The van der Waals surface area contributed by atoms with E-state index in [1.54, 1.807) is 0 Å². The van der Waals surface area contributed by atoms with Crippen LogP contribution in [-0.4, -0.2) is 38.8 Å². The quantitative estimate of drug-likeness (QED) is 0.870. The van der Waals surface area contributed by atoms with Gasteiger partial charge in [-0.15, -0.1) is 0 Å². The summed E-state index contributed by atoms with van der Waals surface area (Å²) in [6.07, 6.45) is 0.592. The molecule has 0 aliphatic heterocycles. The van der Waals surface area contributed by atoms with Gasteiger partial charge in [0.25, 0.3) is 0 Å². The molecule has 0 bridgehead atoms. The third-order valence-electron chi connectivity index (χ3n) is 3.76. The van der Waals surface area contributed by atoms with Crippen molar-refractivity contribution in [2.45, 2.75) is 46.2 Å². The Hall–Kier alpha value is -1.36. The van der Waals surface area contributed by atoms with Crippen LogP contribution in [0.1, 0.15) is 43.3 Å². The van der Waals surface area contributed by atoms with Gasteiger partial charge in [0, 0.05) is 24.3 Å². The minimum atomic E-state index is -0.772. The molecule has 0 spiro atoms. The molecule has 0 aliphatic carbocycles. The molecule has 1 rings (SSSR count). The molecule has 0 aliphatic rings. The number of likely N-dealkylation sites (N-methyl/N-ethyl adjacent to an activating group) is 1. The van der Waals surface area contributed by atoms with Gasteiger partial charge in [0.05, 0.1) is 5.69 Å². The number of rotatable bonds is 5. The molecule has 2 unspecified atom stereocenters. The second-order valence-electron chi connectivity index (χ2n) is 4.81. The van der Waals surface area contributed by atoms with Crippen LogP contribution in [0.2, 0.25) is 0 Å². The van der Waals surface area contributed by atoms with Crippen molar-refractivity contribution in [3.8, 4) is 0 Å². The lowest BCUT2D eigenvalue weighted by Crippen LogP contribution is -2.39. The van der Waals surface area contributed by atoms with Crippen molar-refractivity contribution in [1.29, 1.82) is 0 Å². The van der Waals surface area contributed by atoms with Crippen LogP contribution >= 0.6 is 0 Å². The highest BCUT2D eigenvalue weighted by atomic mass is 16.4. The standard InChI is InChI=1S/C13H23N3O2/c1-7-11(13(17)18)15(5)9(3)12-8(2)14-16(6)10(12)4/h9,11H,7H2,1-6H3,(H,17,18). The van der Waals surface area contributed by atoms with Gasteiger partial charge in [0.2, 0.25) is 0 Å². The predicted octanol–water partition coefficient (Wildman–Crippen LogP) is 1.89. The van der Waals surface area contributed by atoms with Gasteiger partial charge in [0.1, 0.15) is 6.04 Å². The lowest BCUT2D eigenvalue weighted by molar-refractivity contribution is -0.143. The second kappa shape index (κ2) is 5.52. The largest absolute Gasteiger partial charge is 0.480 e. The maximum Gasteiger partial charge on any atom is 0.320 e. The number of nitrogens with zero attached hydrogens (tertiary/aromatic N) is 3. The highest BCUT2D eigenvalue weighted by Gasteiger charge is 2.28. The van der Waals surface area contributed by atoms with E-state index in [2.05, 4.69) is 5.10 Å². The zero-order valence-corrected chi connectivity index (χ0v) is 12.1. The van der Waals surface area contributed by atoms with Crippen molar-refractivity contribution in [1.82, 2.24) is 14.7 Å². The molecular formula is C13H23N3O2. The molecule has 1 heterocycles. The van der Waals surface area contributed by atoms with Crippen LogP contribution in [0.4, 0.5) is 0 Å². The van der Waals surface area contributed by atoms with Crippen molar-refractivity contribution >= 4 is 5.97 Å². The Morgan fingerprint density at radius 3 is 2.39 bits per heavy atom. The zero-order valence-electron chi connectivity index (χ0n) is 12.1. The molecule has 0 saturated carbocycles. The SMILES string of the molecule is CCC(C(=O)O)N(C)C(C)c1c(C)nn(C)c1C. The van der Waals surface area contributed by atoms with Gasteiger partial charge < -0.3 is 5.11 Å². The fourth-order valence-electron chi connectivity index (χ4n) is 2.50. The summed E-state index contributed by atoms with van der Waals surface area (Å²) in [6.45, 7) is 7.91. The minimum Gasteiger partial charge on any atom is -0.480 e. The van der Waals surface area contributed by atoms with E-state index in [0.29, 0.717) is 6.42 Å². The molecule has 18 heavy (non-hydrogen) atoms. The maximum absolute atomic E-state index is 11.2. The Kier molecular flexibility index (Phi) is 4.51. The number of hydrogen-bond acceptors (Lipinski definition) is 3. The highest BCUT2D eigenvalue weighted by Crippen LogP contribution is 2.27. The Morgan fingerprint density at radius 1 is 1.50 bits per heavy atom. The minimum absolute atomic E-state index is 0.0414. The number of carboxylic acid groups (broad SMARTS) is 1. The van der Waals surface area contributed by atoms with Crippen LogP contribution in [0.5, 0.6) is 0 Å². The molecule has 0 aromatic carbocycles. The Labute approximate surface area is 108 Å². The summed E-state index contributed by atoms with van der Waals surface area (Å²) >= 11 is 0. The molecule has 0 saturated heterocycles. The normalized spacial score (nSPS) is 14.8. The molecular weight excluding hydrogens is 230 g/mol. The summed E-state index contributed by atoms with van der Waals surface area (Å²) in [5.74, 6) is -0.772. The third-order valence-corrected chi connectivity index (χ3v) is 3.76. The third kappa shape index (κ3) is 2.56. The molecule has 5 heteroatoms. The average molecular weight is 253 g/mol.